The average Bonchev–Trinajstić information content (AvgIpc) is 2.48. The monoisotopic (exact) mass is 359 g/mol. The molecule has 1 aliphatic carbocycles. The first-order valence-corrected chi connectivity index (χ1v) is 8.15. The van der Waals surface area contributed by atoms with Crippen molar-refractivity contribution in [1.29, 1.82) is 0 Å². The van der Waals surface area contributed by atoms with Crippen molar-refractivity contribution in [2.45, 2.75) is 57.7 Å². The van der Waals surface area contributed by atoms with Gasteiger partial charge in [0.05, 0.1) is 5.92 Å². The summed E-state index contributed by atoms with van der Waals surface area (Å²) < 4.78 is 38.4. The number of aromatic nitrogens is 2. The summed E-state index contributed by atoms with van der Waals surface area (Å²) in [6, 6.07) is 0.526. The predicted octanol–water partition coefficient (Wildman–Crippen LogP) is 2.96. The van der Waals surface area contributed by atoms with Crippen molar-refractivity contribution in [3.63, 3.8) is 0 Å². The van der Waals surface area contributed by atoms with Gasteiger partial charge >= 0.3 is 12.1 Å². The molecule has 2 rings (SSSR count). The number of nitrogens with one attached hydrogen (secondary N) is 1. The molecule has 6 nitrogen and oxygen atoms in total. The third kappa shape index (κ3) is 5.14. The van der Waals surface area contributed by atoms with Crippen LogP contribution in [0.25, 0.3) is 0 Å². The molecule has 1 heterocycles. The Morgan fingerprint density at radius 2 is 1.80 bits per heavy atom. The number of carboxylic acids is 1. The van der Waals surface area contributed by atoms with Gasteiger partial charge in [-0.2, -0.15) is 13.2 Å². The molecule has 2 N–H and O–H groups in total. The number of amides is 1. The van der Waals surface area contributed by atoms with E-state index in [1.54, 1.807) is 0 Å². The summed E-state index contributed by atoms with van der Waals surface area (Å²) in [5, 5.41) is 11.9. The van der Waals surface area contributed by atoms with Crippen molar-refractivity contribution in [2.24, 2.45) is 5.92 Å². The lowest BCUT2D eigenvalue weighted by atomic mass is 9.86. The largest absolute Gasteiger partial charge is 0.481 e. The molecule has 0 spiro atoms. The van der Waals surface area contributed by atoms with Crippen molar-refractivity contribution in [2.75, 3.05) is 0 Å². The number of nitrogens with zero attached hydrogens (tertiary/aromatic N) is 2. The van der Waals surface area contributed by atoms with Crippen LogP contribution in [0, 0.1) is 12.8 Å². The average molecular weight is 359 g/mol. The third-order valence-corrected chi connectivity index (χ3v) is 4.24. The number of aryl methyl sites for hydroxylation is 1. The Balaban J connectivity index is 2.21. The number of rotatable bonds is 3. The minimum Gasteiger partial charge on any atom is -0.481 e. The molecule has 2 unspecified atom stereocenters. The Kier molecular flexibility index (Phi) is 5.97. The highest BCUT2D eigenvalue weighted by molar-refractivity contribution is 5.93. The van der Waals surface area contributed by atoms with Crippen molar-refractivity contribution < 1.29 is 27.9 Å². The summed E-state index contributed by atoms with van der Waals surface area (Å²) in [6.45, 7) is 1.34. The Morgan fingerprint density at radius 1 is 1.16 bits per heavy atom. The zero-order chi connectivity index (χ0) is 18.6. The van der Waals surface area contributed by atoms with Crippen molar-refractivity contribution in [1.82, 2.24) is 15.3 Å². The molecule has 0 bridgehead atoms. The van der Waals surface area contributed by atoms with E-state index in [-0.39, 0.29) is 5.69 Å². The molecule has 0 aromatic carbocycles. The van der Waals surface area contributed by atoms with E-state index >= 15 is 0 Å². The SMILES string of the molecule is Cc1cc(C(=O)NC2CCCCCCC2C(=O)O)nc(C(F)(F)F)n1. The molecule has 1 aromatic rings. The van der Waals surface area contributed by atoms with E-state index in [4.69, 9.17) is 0 Å². The maximum Gasteiger partial charge on any atom is 0.451 e. The van der Waals surface area contributed by atoms with E-state index in [1.807, 2.05) is 0 Å². The van der Waals surface area contributed by atoms with Crippen LogP contribution >= 0.6 is 0 Å². The van der Waals surface area contributed by atoms with Crippen LogP contribution in [0.4, 0.5) is 13.2 Å². The van der Waals surface area contributed by atoms with E-state index in [2.05, 4.69) is 15.3 Å². The second-order valence-electron chi connectivity index (χ2n) is 6.23. The smallest absolute Gasteiger partial charge is 0.451 e. The number of carboxylic acid groups (broad SMARTS) is 1. The highest BCUT2D eigenvalue weighted by atomic mass is 19.4. The molecule has 0 radical (unpaired) electrons. The summed E-state index contributed by atoms with van der Waals surface area (Å²) in [6.07, 6.45) is -0.492. The summed E-state index contributed by atoms with van der Waals surface area (Å²) in [5.74, 6) is -3.96. The summed E-state index contributed by atoms with van der Waals surface area (Å²) in [7, 11) is 0. The number of aliphatic carboxylic acids is 1. The van der Waals surface area contributed by atoms with Gasteiger partial charge in [0.15, 0.2) is 0 Å². The Labute approximate surface area is 142 Å². The normalized spacial score (nSPS) is 21.9. The van der Waals surface area contributed by atoms with Crippen LogP contribution in [0.15, 0.2) is 6.07 Å². The predicted molar refractivity (Wildman–Crippen MR) is 81.9 cm³/mol. The van der Waals surface area contributed by atoms with Crippen molar-refractivity contribution in [3.8, 4) is 0 Å². The molecule has 1 aliphatic rings. The Hall–Kier alpha value is -2.19. The lowest BCUT2D eigenvalue weighted by molar-refractivity contribution is -0.145. The molecule has 25 heavy (non-hydrogen) atoms. The van der Waals surface area contributed by atoms with Crippen molar-refractivity contribution in [3.05, 3.63) is 23.3 Å². The van der Waals surface area contributed by atoms with Crippen LogP contribution < -0.4 is 5.32 Å². The molecule has 1 fully saturated rings. The lowest BCUT2D eigenvalue weighted by Crippen LogP contribution is -2.44. The molecular weight excluding hydrogens is 339 g/mol. The van der Waals surface area contributed by atoms with Gasteiger partial charge in [0, 0.05) is 11.7 Å². The van der Waals surface area contributed by atoms with Crippen molar-refractivity contribution >= 4 is 11.9 Å². The summed E-state index contributed by atoms with van der Waals surface area (Å²) in [5.41, 5.74) is -0.397. The fourth-order valence-electron chi connectivity index (χ4n) is 3.01. The highest BCUT2D eigenvalue weighted by Crippen LogP contribution is 2.27. The van der Waals surface area contributed by atoms with Gasteiger partial charge in [0.2, 0.25) is 5.82 Å². The fourth-order valence-corrected chi connectivity index (χ4v) is 3.01. The number of carbonyl (C=O) groups is 2. The summed E-state index contributed by atoms with van der Waals surface area (Å²) >= 11 is 0. The van der Waals surface area contributed by atoms with Crippen LogP contribution in [0.1, 0.15) is 60.5 Å². The molecule has 0 saturated heterocycles. The maximum atomic E-state index is 12.8. The van der Waals surface area contributed by atoms with Gasteiger partial charge in [-0.3, -0.25) is 9.59 Å². The zero-order valence-electron chi connectivity index (χ0n) is 13.8. The number of hydrogen-bond donors (Lipinski definition) is 2. The third-order valence-electron chi connectivity index (χ3n) is 4.24. The molecule has 138 valence electrons. The van der Waals surface area contributed by atoms with E-state index in [0.717, 1.165) is 31.7 Å². The van der Waals surface area contributed by atoms with E-state index in [9.17, 15) is 27.9 Å². The molecule has 1 saturated carbocycles. The number of alkyl halides is 3. The van der Waals surface area contributed by atoms with Gasteiger partial charge in [0.1, 0.15) is 5.69 Å². The molecule has 1 amide bonds. The zero-order valence-corrected chi connectivity index (χ0v) is 13.8. The van der Waals surface area contributed by atoms with Crippen LogP contribution in [0.5, 0.6) is 0 Å². The molecule has 2 atom stereocenters. The van der Waals surface area contributed by atoms with E-state index < -0.39 is 41.5 Å². The first-order chi connectivity index (χ1) is 11.7. The minimum absolute atomic E-state index is 0.0138. The van der Waals surface area contributed by atoms with Gasteiger partial charge in [-0.05, 0) is 25.8 Å². The minimum atomic E-state index is -4.76. The molecular formula is C16H20F3N3O3. The first-order valence-electron chi connectivity index (χ1n) is 8.15. The standard InChI is InChI=1S/C16H20F3N3O3/c1-9-8-12(22-15(20-9)16(17,18)19)13(23)21-11-7-5-3-2-4-6-10(11)14(24)25/h8,10-11H,2-7H2,1H3,(H,21,23)(H,24,25). The Bertz CT molecular complexity index is 649. The summed E-state index contributed by atoms with van der Waals surface area (Å²) in [4.78, 5) is 30.4. The van der Waals surface area contributed by atoms with Gasteiger partial charge in [-0.1, -0.05) is 25.7 Å². The second-order valence-corrected chi connectivity index (χ2v) is 6.23. The maximum absolute atomic E-state index is 12.8. The van der Waals surface area contributed by atoms with E-state index in [0.29, 0.717) is 12.8 Å². The molecule has 9 heteroatoms. The number of hydrogen-bond acceptors (Lipinski definition) is 4. The molecule has 0 aliphatic heterocycles. The highest BCUT2D eigenvalue weighted by Gasteiger charge is 2.36. The lowest BCUT2D eigenvalue weighted by Gasteiger charge is -2.27. The fraction of sp³-hybridized carbons (Fsp3) is 0.625. The van der Waals surface area contributed by atoms with Crippen LogP contribution in [-0.4, -0.2) is 33.0 Å². The quantitative estimate of drug-likeness (QED) is 0.866. The number of halogens is 3. The van der Waals surface area contributed by atoms with E-state index in [1.165, 1.54) is 6.92 Å². The van der Waals surface area contributed by atoms with Gasteiger partial charge in [-0.15, -0.1) is 0 Å². The van der Waals surface area contributed by atoms with Crippen LogP contribution in [0.3, 0.4) is 0 Å². The molecule has 1 aromatic heterocycles. The van der Waals surface area contributed by atoms with Gasteiger partial charge < -0.3 is 10.4 Å². The van der Waals surface area contributed by atoms with Gasteiger partial charge in [0.25, 0.3) is 5.91 Å². The van der Waals surface area contributed by atoms with Gasteiger partial charge in [-0.25, -0.2) is 9.97 Å². The first kappa shape index (κ1) is 19.1. The number of carbonyl (C=O) groups excluding carboxylic acids is 1. The van der Waals surface area contributed by atoms with Crippen LogP contribution in [0.2, 0.25) is 0 Å². The Morgan fingerprint density at radius 3 is 2.40 bits per heavy atom. The second kappa shape index (κ2) is 7.79. The topological polar surface area (TPSA) is 92.2 Å². The van der Waals surface area contributed by atoms with Crippen LogP contribution in [-0.2, 0) is 11.0 Å².